The number of ketones is 1. The summed E-state index contributed by atoms with van der Waals surface area (Å²) in [5.41, 5.74) is 2.27. The Morgan fingerprint density at radius 3 is 2.23 bits per heavy atom. The molecule has 0 unspecified atom stereocenters. The smallest absolute Gasteiger partial charge is 0.426 e. The lowest BCUT2D eigenvalue weighted by molar-refractivity contribution is -0.128. The number of nitrogens with one attached hydrogen (secondary N) is 1. The van der Waals surface area contributed by atoms with Crippen molar-refractivity contribution in [1.82, 2.24) is 10.3 Å². The first-order valence-corrected chi connectivity index (χ1v) is 10.1. The molecule has 0 aliphatic heterocycles. The summed E-state index contributed by atoms with van der Waals surface area (Å²) in [7, 11) is -1.72. The van der Waals surface area contributed by atoms with Crippen LogP contribution in [0.2, 0.25) is 0 Å². The van der Waals surface area contributed by atoms with Crippen molar-refractivity contribution in [3.8, 4) is 11.1 Å². The highest BCUT2D eigenvalue weighted by molar-refractivity contribution is 6.43. The van der Waals surface area contributed by atoms with E-state index in [-0.39, 0.29) is 18.1 Å². The fraction of sp³-hybridized carbons (Fsp3) is 0.409. The summed E-state index contributed by atoms with van der Waals surface area (Å²) in [6.45, 7) is 5.23. The Morgan fingerprint density at radius 1 is 1.07 bits per heavy atom. The minimum absolute atomic E-state index is 0.127. The highest BCUT2D eigenvalue weighted by Gasteiger charge is 2.32. The van der Waals surface area contributed by atoms with Crippen LogP contribution in [0.1, 0.15) is 44.0 Å². The Kier molecular flexibility index (Phi) is 8.71. The third-order valence-electron chi connectivity index (χ3n) is 4.94. The Labute approximate surface area is 177 Å². The lowest BCUT2D eigenvalue weighted by Crippen LogP contribution is -2.50. The summed E-state index contributed by atoms with van der Waals surface area (Å²) in [6.07, 6.45) is 2.52. The van der Waals surface area contributed by atoms with Gasteiger partial charge >= 0.3 is 7.12 Å². The van der Waals surface area contributed by atoms with Gasteiger partial charge in [0.2, 0.25) is 5.91 Å². The van der Waals surface area contributed by atoms with Crippen LogP contribution < -0.4 is 5.32 Å². The molecule has 4 N–H and O–H groups in total. The van der Waals surface area contributed by atoms with Crippen LogP contribution in [0.4, 0.5) is 0 Å². The monoisotopic (exact) mass is 412 g/mol. The van der Waals surface area contributed by atoms with Crippen molar-refractivity contribution in [2.75, 3.05) is 0 Å². The summed E-state index contributed by atoms with van der Waals surface area (Å²) in [4.78, 5) is 29.4. The van der Waals surface area contributed by atoms with E-state index < -0.39 is 31.0 Å². The molecule has 2 rings (SSSR count). The first-order valence-electron chi connectivity index (χ1n) is 10.1. The molecule has 7 nitrogen and oxygen atoms in total. The van der Waals surface area contributed by atoms with Crippen molar-refractivity contribution in [3.05, 3.63) is 54.4 Å². The molecule has 8 heteroatoms. The number of amides is 1. The molecule has 0 radical (unpaired) electrons. The molecule has 0 aliphatic carbocycles. The van der Waals surface area contributed by atoms with Crippen molar-refractivity contribution in [2.24, 2.45) is 11.8 Å². The van der Waals surface area contributed by atoms with Crippen LogP contribution in [0.25, 0.3) is 11.1 Å². The molecule has 0 fully saturated rings. The van der Waals surface area contributed by atoms with Gasteiger partial charge in [0.15, 0.2) is 5.78 Å². The van der Waals surface area contributed by atoms with Crippen molar-refractivity contribution in [2.45, 2.75) is 45.7 Å². The zero-order valence-corrected chi connectivity index (χ0v) is 17.5. The molecule has 1 aromatic heterocycles. The van der Waals surface area contributed by atoms with E-state index in [0.29, 0.717) is 12.0 Å². The van der Waals surface area contributed by atoms with Crippen LogP contribution >= 0.6 is 0 Å². The minimum Gasteiger partial charge on any atom is -0.426 e. The van der Waals surface area contributed by atoms with Gasteiger partial charge in [0.05, 0.1) is 18.0 Å². The van der Waals surface area contributed by atoms with E-state index in [4.69, 9.17) is 0 Å². The van der Waals surface area contributed by atoms with Crippen molar-refractivity contribution >= 4 is 18.8 Å². The maximum atomic E-state index is 12.7. The third kappa shape index (κ3) is 6.76. The Hall–Kier alpha value is -2.55. The number of carbonyl (C=O) groups is 2. The quantitative estimate of drug-likeness (QED) is 0.349. The van der Waals surface area contributed by atoms with Crippen molar-refractivity contribution in [1.29, 1.82) is 0 Å². The molecule has 30 heavy (non-hydrogen) atoms. The van der Waals surface area contributed by atoms with Gasteiger partial charge in [0.1, 0.15) is 0 Å². The van der Waals surface area contributed by atoms with Crippen LogP contribution in [0.3, 0.4) is 0 Å². The third-order valence-corrected chi connectivity index (χ3v) is 4.94. The second kappa shape index (κ2) is 11.0. The first-order chi connectivity index (χ1) is 14.2. The Balaban J connectivity index is 2.08. The largest absolute Gasteiger partial charge is 0.475 e. The average Bonchev–Trinajstić information content (AvgIpc) is 2.71. The molecule has 2 aromatic rings. The van der Waals surface area contributed by atoms with E-state index in [0.717, 1.165) is 11.1 Å². The maximum absolute atomic E-state index is 12.7. The average molecular weight is 412 g/mol. The fourth-order valence-corrected chi connectivity index (χ4v) is 3.23. The molecule has 1 aromatic carbocycles. The van der Waals surface area contributed by atoms with Crippen LogP contribution in [-0.4, -0.2) is 51.0 Å². The van der Waals surface area contributed by atoms with E-state index >= 15 is 0 Å². The highest BCUT2D eigenvalue weighted by Crippen LogP contribution is 2.21. The van der Waals surface area contributed by atoms with E-state index in [1.165, 1.54) is 6.92 Å². The number of Topliss-reactive ketones (excluding diaryl/α,β-unsaturated/α-hetero) is 1. The number of benzene rings is 1. The molecule has 0 saturated heterocycles. The van der Waals surface area contributed by atoms with Crippen LogP contribution in [0.5, 0.6) is 0 Å². The Morgan fingerprint density at radius 2 is 1.73 bits per heavy atom. The number of aliphatic hydroxyl groups excluding tert-OH is 1. The van der Waals surface area contributed by atoms with Crippen molar-refractivity contribution < 1.29 is 24.7 Å². The first kappa shape index (κ1) is 23.7. The second-order valence-corrected chi connectivity index (χ2v) is 7.95. The number of pyridine rings is 1. The zero-order chi connectivity index (χ0) is 22.3. The summed E-state index contributed by atoms with van der Waals surface area (Å²) in [5.74, 6) is -2.60. The van der Waals surface area contributed by atoms with Gasteiger partial charge in [0.25, 0.3) is 0 Å². The van der Waals surface area contributed by atoms with Crippen LogP contribution in [0.15, 0.2) is 48.8 Å². The SMILES string of the molecule is CC(C)C[C@H](NC(=O)[C@@H](CC(=O)c1ccc(-c2cccnc2)cc1)[C@@H](C)O)B(O)O. The summed E-state index contributed by atoms with van der Waals surface area (Å²) in [5, 5.41) is 31.7. The molecule has 0 spiro atoms. The van der Waals surface area contributed by atoms with Gasteiger partial charge in [-0.05, 0) is 36.5 Å². The molecule has 1 heterocycles. The molecule has 1 amide bonds. The second-order valence-electron chi connectivity index (χ2n) is 7.95. The van der Waals surface area contributed by atoms with Gasteiger partial charge in [-0.2, -0.15) is 0 Å². The van der Waals surface area contributed by atoms with Gasteiger partial charge in [-0.25, -0.2) is 0 Å². The fourth-order valence-electron chi connectivity index (χ4n) is 3.23. The number of carbonyl (C=O) groups excluding carboxylic acids is 2. The summed E-state index contributed by atoms with van der Waals surface area (Å²) < 4.78 is 0. The number of hydrogen-bond acceptors (Lipinski definition) is 6. The number of aliphatic hydroxyl groups is 1. The number of rotatable bonds is 10. The predicted molar refractivity (Wildman–Crippen MR) is 115 cm³/mol. The van der Waals surface area contributed by atoms with Gasteiger partial charge in [-0.15, -0.1) is 0 Å². The molecule has 3 atom stereocenters. The number of nitrogens with zero attached hydrogens (tertiary/aromatic N) is 1. The van der Waals surface area contributed by atoms with Crippen LogP contribution in [-0.2, 0) is 4.79 Å². The molecule has 0 saturated carbocycles. The minimum atomic E-state index is -1.72. The molecule has 0 bridgehead atoms. The molecular weight excluding hydrogens is 383 g/mol. The van der Waals surface area contributed by atoms with Gasteiger partial charge in [-0.3, -0.25) is 14.6 Å². The maximum Gasteiger partial charge on any atom is 0.475 e. The van der Waals surface area contributed by atoms with Crippen molar-refractivity contribution in [3.63, 3.8) is 0 Å². The van der Waals surface area contributed by atoms with E-state index in [2.05, 4.69) is 10.3 Å². The number of hydrogen-bond donors (Lipinski definition) is 4. The lowest BCUT2D eigenvalue weighted by atomic mass is 9.74. The van der Waals surface area contributed by atoms with E-state index in [1.54, 1.807) is 24.5 Å². The molecule has 160 valence electrons. The number of aromatic nitrogens is 1. The summed E-state index contributed by atoms with van der Waals surface area (Å²) >= 11 is 0. The van der Waals surface area contributed by atoms with E-state index in [9.17, 15) is 24.7 Å². The Bertz CT molecular complexity index is 825. The summed E-state index contributed by atoms with van der Waals surface area (Å²) in [6, 6.07) is 10.7. The normalized spacial score (nSPS) is 14.1. The predicted octanol–water partition coefficient (Wildman–Crippen LogP) is 1.86. The molecule has 0 aliphatic rings. The highest BCUT2D eigenvalue weighted by atomic mass is 16.4. The van der Waals surface area contributed by atoms with Gasteiger partial charge in [0, 0.05) is 24.4 Å². The van der Waals surface area contributed by atoms with Gasteiger partial charge < -0.3 is 20.5 Å². The zero-order valence-electron chi connectivity index (χ0n) is 17.5. The standard InChI is InChI=1S/C22H29BN2O5/c1-14(2)11-21(23(29)30)25-22(28)19(15(3)26)12-20(27)17-8-6-16(7-9-17)18-5-4-10-24-13-18/h4-10,13-15,19,21,26,29-30H,11-12H2,1-3H3,(H,25,28)/t15-,19+,21+/m1/s1. The topological polar surface area (TPSA) is 120 Å². The van der Waals surface area contributed by atoms with Crippen LogP contribution in [0, 0.1) is 11.8 Å². The van der Waals surface area contributed by atoms with E-state index in [1.807, 2.05) is 38.1 Å². The lowest BCUT2D eigenvalue weighted by Gasteiger charge is -2.24. The van der Waals surface area contributed by atoms with Gasteiger partial charge in [-0.1, -0.05) is 44.2 Å². The molecular formula is C22H29BN2O5.